The second kappa shape index (κ2) is 11.9. The molecule has 1 aliphatic heterocycles. The largest absolute Gasteiger partial charge is 0.496 e. The number of hydrogen-bond donors (Lipinski definition) is 1. The summed E-state index contributed by atoms with van der Waals surface area (Å²) >= 11 is 0. The van der Waals surface area contributed by atoms with E-state index in [-0.39, 0.29) is 35.2 Å². The average molecular weight is 589 g/mol. The Morgan fingerprint density at radius 1 is 1.12 bits per heavy atom. The molecule has 0 bridgehead atoms. The highest BCUT2D eigenvalue weighted by atomic mass is 32.2. The zero-order valence-corrected chi connectivity index (χ0v) is 24.9. The minimum atomic E-state index is -4.04. The van der Waals surface area contributed by atoms with Gasteiger partial charge in [-0.3, -0.25) is 0 Å². The molecule has 1 aliphatic rings. The van der Waals surface area contributed by atoms with Crippen LogP contribution in [-0.2, 0) is 20.0 Å². The van der Waals surface area contributed by atoms with E-state index in [1.54, 1.807) is 50.4 Å². The SMILES string of the molecule is COc1ccccc1-c1ccc2c(c1)O[C@@H](CN(C)S(=O)(=O)c1ccc(C)cc1)[C@@H](C)CN([C@H](C)CO)S2(=O)=O. The summed E-state index contributed by atoms with van der Waals surface area (Å²) in [5.74, 6) is 0.305. The van der Waals surface area contributed by atoms with Crippen molar-refractivity contribution in [3.05, 3.63) is 72.3 Å². The van der Waals surface area contributed by atoms with Gasteiger partial charge in [0.25, 0.3) is 0 Å². The van der Waals surface area contributed by atoms with E-state index in [0.717, 1.165) is 11.1 Å². The number of fused-ring (bicyclic) bond motifs is 1. The standard InChI is InChI=1S/C29H36N2O7S2/c1-20-10-13-24(14-11-20)39(33,34)30(4)18-28-21(2)17-31(22(3)19-32)40(35,36)29-15-12-23(16-27(29)38-28)25-8-6-7-9-26(25)37-5/h6-16,21-22,28,32H,17-19H2,1-5H3/t21-,22+,28-/m0/s1. The summed E-state index contributed by atoms with van der Waals surface area (Å²) < 4.78 is 68.7. The fraction of sp³-hybridized carbons (Fsp3) is 0.379. The van der Waals surface area contributed by atoms with Crippen LogP contribution in [-0.4, -0.2) is 76.6 Å². The normalized spacial score (nSPS) is 20.2. The Bertz CT molecular complexity index is 1560. The molecule has 0 saturated carbocycles. The number of likely N-dealkylation sites (N-methyl/N-ethyl adjacent to an activating group) is 1. The number of rotatable bonds is 8. The molecule has 9 nitrogen and oxygen atoms in total. The van der Waals surface area contributed by atoms with Crippen LogP contribution in [0.15, 0.2) is 76.5 Å². The third-order valence-electron chi connectivity index (χ3n) is 7.25. The molecule has 4 rings (SSSR count). The number of sulfonamides is 2. The highest BCUT2D eigenvalue weighted by Gasteiger charge is 2.39. The third-order valence-corrected chi connectivity index (χ3v) is 11.1. The number of hydrogen-bond acceptors (Lipinski definition) is 7. The summed E-state index contributed by atoms with van der Waals surface area (Å²) in [5, 5.41) is 9.89. The van der Waals surface area contributed by atoms with Gasteiger partial charge in [-0.1, -0.05) is 48.9 Å². The Hall–Kier alpha value is -2.96. The van der Waals surface area contributed by atoms with E-state index in [4.69, 9.17) is 9.47 Å². The maximum atomic E-state index is 13.8. The van der Waals surface area contributed by atoms with Gasteiger partial charge in [-0.15, -0.1) is 0 Å². The van der Waals surface area contributed by atoms with Gasteiger partial charge in [-0.25, -0.2) is 16.8 Å². The summed E-state index contributed by atoms with van der Waals surface area (Å²) in [4.78, 5) is 0.114. The van der Waals surface area contributed by atoms with Crippen LogP contribution < -0.4 is 9.47 Å². The van der Waals surface area contributed by atoms with Crippen molar-refractivity contribution < 1.29 is 31.4 Å². The number of ether oxygens (including phenoxy) is 2. The van der Waals surface area contributed by atoms with Gasteiger partial charge < -0.3 is 14.6 Å². The number of aryl methyl sites for hydroxylation is 1. The quantitative estimate of drug-likeness (QED) is 0.426. The lowest BCUT2D eigenvalue weighted by molar-refractivity contribution is 0.0905. The lowest BCUT2D eigenvalue weighted by Gasteiger charge is -2.37. The Balaban J connectivity index is 1.79. The van der Waals surface area contributed by atoms with Crippen molar-refractivity contribution in [3.8, 4) is 22.6 Å². The van der Waals surface area contributed by atoms with Gasteiger partial charge in [-0.05, 0) is 49.7 Å². The van der Waals surface area contributed by atoms with E-state index in [1.807, 2.05) is 38.1 Å². The minimum Gasteiger partial charge on any atom is -0.496 e. The summed E-state index contributed by atoms with van der Waals surface area (Å²) in [6.45, 7) is 5.00. The molecule has 0 unspecified atom stereocenters. The molecule has 0 fully saturated rings. The molecule has 3 aromatic rings. The molecule has 1 heterocycles. The van der Waals surface area contributed by atoms with E-state index < -0.39 is 38.1 Å². The zero-order chi connectivity index (χ0) is 29.2. The number of benzene rings is 3. The predicted octanol–water partition coefficient (Wildman–Crippen LogP) is 3.76. The van der Waals surface area contributed by atoms with E-state index >= 15 is 0 Å². The first kappa shape index (κ1) is 30.0. The second-order valence-electron chi connectivity index (χ2n) is 10.2. The minimum absolute atomic E-state index is 0.0168. The fourth-order valence-corrected chi connectivity index (χ4v) is 7.74. The van der Waals surface area contributed by atoms with Crippen LogP contribution in [0.2, 0.25) is 0 Å². The lowest BCUT2D eigenvalue weighted by Crippen LogP contribution is -2.50. The highest BCUT2D eigenvalue weighted by molar-refractivity contribution is 7.89. The van der Waals surface area contributed by atoms with Crippen LogP contribution >= 0.6 is 0 Å². The average Bonchev–Trinajstić information content (AvgIpc) is 2.94. The van der Waals surface area contributed by atoms with Gasteiger partial charge in [-0.2, -0.15) is 8.61 Å². The van der Waals surface area contributed by atoms with Gasteiger partial charge >= 0.3 is 0 Å². The van der Waals surface area contributed by atoms with Gasteiger partial charge in [0.1, 0.15) is 22.5 Å². The topological polar surface area (TPSA) is 113 Å². The van der Waals surface area contributed by atoms with Gasteiger partial charge in [0.15, 0.2) is 0 Å². The predicted molar refractivity (Wildman–Crippen MR) is 153 cm³/mol. The van der Waals surface area contributed by atoms with Gasteiger partial charge in [0.2, 0.25) is 20.0 Å². The van der Waals surface area contributed by atoms with Crippen molar-refractivity contribution in [2.24, 2.45) is 5.92 Å². The van der Waals surface area contributed by atoms with Crippen molar-refractivity contribution in [1.82, 2.24) is 8.61 Å². The number of aliphatic hydroxyl groups excluding tert-OH is 1. The van der Waals surface area contributed by atoms with Crippen LogP contribution in [0.25, 0.3) is 11.1 Å². The third kappa shape index (κ3) is 5.89. The lowest BCUT2D eigenvalue weighted by atomic mass is 10.0. The molecule has 0 aliphatic carbocycles. The Morgan fingerprint density at radius 3 is 2.45 bits per heavy atom. The van der Waals surface area contributed by atoms with Crippen molar-refractivity contribution in [2.45, 2.75) is 42.7 Å². The maximum absolute atomic E-state index is 13.8. The number of aliphatic hydroxyl groups is 1. The number of nitrogens with zero attached hydrogens (tertiary/aromatic N) is 2. The Kier molecular flexibility index (Phi) is 8.91. The highest BCUT2D eigenvalue weighted by Crippen LogP contribution is 2.39. The first-order chi connectivity index (χ1) is 18.9. The summed E-state index contributed by atoms with van der Waals surface area (Å²) in [5.41, 5.74) is 2.38. The summed E-state index contributed by atoms with van der Waals surface area (Å²) in [6, 6.07) is 18.1. The molecule has 0 aromatic heterocycles. The fourth-order valence-electron chi connectivity index (χ4n) is 4.74. The van der Waals surface area contributed by atoms with E-state index in [0.29, 0.717) is 11.3 Å². The van der Waals surface area contributed by atoms with Crippen molar-refractivity contribution in [1.29, 1.82) is 0 Å². The zero-order valence-electron chi connectivity index (χ0n) is 23.3. The second-order valence-corrected chi connectivity index (χ2v) is 14.1. The first-order valence-corrected chi connectivity index (χ1v) is 15.9. The monoisotopic (exact) mass is 588 g/mol. The smallest absolute Gasteiger partial charge is 0.247 e. The Labute approximate surface area is 237 Å². The maximum Gasteiger partial charge on any atom is 0.247 e. The van der Waals surface area contributed by atoms with Crippen LogP contribution in [0.4, 0.5) is 0 Å². The molecule has 0 radical (unpaired) electrons. The van der Waals surface area contributed by atoms with Gasteiger partial charge in [0, 0.05) is 31.1 Å². The molecule has 3 atom stereocenters. The van der Waals surface area contributed by atoms with E-state index in [9.17, 15) is 21.9 Å². The molecule has 0 saturated heterocycles. The van der Waals surface area contributed by atoms with Gasteiger partial charge in [0.05, 0.1) is 25.2 Å². The number of methoxy groups -OCH3 is 1. The van der Waals surface area contributed by atoms with Crippen LogP contribution in [0.5, 0.6) is 11.5 Å². The summed E-state index contributed by atoms with van der Waals surface area (Å²) in [6.07, 6.45) is -0.694. The molecule has 11 heteroatoms. The van der Waals surface area contributed by atoms with Crippen molar-refractivity contribution in [2.75, 3.05) is 33.9 Å². The van der Waals surface area contributed by atoms with Crippen molar-refractivity contribution >= 4 is 20.0 Å². The Morgan fingerprint density at radius 2 is 1.80 bits per heavy atom. The summed E-state index contributed by atoms with van der Waals surface area (Å²) in [7, 11) is -4.83. The molecular formula is C29H36N2O7S2. The molecule has 0 spiro atoms. The van der Waals surface area contributed by atoms with E-state index in [2.05, 4.69) is 0 Å². The van der Waals surface area contributed by atoms with Crippen LogP contribution in [0.1, 0.15) is 19.4 Å². The molecule has 0 amide bonds. The molecular weight excluding hydrogens is 552 g/mol. The molecule has 3 aromatic carbocycles. The van der Waals surface area contributed by atoms with Crippen LogP contribution in [0, 0.1) is 12.8 Å². The molecule has 216 valence electrons. The van der Waals surface area contributed by atoms with Crippen molar-refractivity contribution in [3.63, 3.8) is 0 Å². The van der Waals surface area contributed by atoms with Crippen LogP contribution in [0.3, 0.4) is 0 Å². The van der Waals surface area contributed by atoms with E-state index in [1.165, 1.54) is 21.7 Å². The first-order valence-electron chi connectivity index (χ1n) is 13.0. The number of para-hydroxylation sites is 1. The molecule has 1 N–H and O–H groups in total. The molecule has 40 heavy (non-hydrogen) atoms.